The molecule has 0 aromatic heterocycles. The molecule has 5 heteroatoms. The van der Waals surface area contributed by atoms with E-state index in [0.29, 0.717) is 30.4 Å². The molecule has 0 radical (unpaired) electrons. The summed E-state index contributed by atoms with van der Waals surface area (Å²) in [5.74, 6) is 0. The molecule has 2 N–H and O–H groups in total. The number of benzene rings is 1. The summed E-state index contributed by atoms with van der Waals surface area (Å²) in [6.45, 7) is 4.30. The van der Waals surface area contributed by atoms with Crippen LogP contribution in [-0.2, 0) is 0 Å². The summed E-state index contributed by atoms with van der Waals surface area (Å²) in [5, 5.41) is 14.8. The summed E-state index contributed by atoms with van der Waals surface area (Å²) in [4.78, 5) is 13.8. The molecule has 1 saturated heterocycles. The van der Waals surface area contributed by atoms with Gasteiger partial charge in [0.2, 0.25) is 0 Å². The second-order valence-electron chi connectivity index (χ2n) is 4.42. The Morgan fingerprint density at radius 3 is 2.83 bits per heavy atom. The quantitative estimate of drug-likeness (QED) is 0.784. The van der Waals surface area contributed by atoms with Crippen LogP contribution in [0.3, 0.4) is 0 Å². The van der Waals surface area contributed by atoms with Crippen LogP contribution in [-0.4, -0.2) is 36.6 Å². The Balaban J connectivity index is 1.96. The molecule has 2 amide bonds. The minimum atomic E-state index is -0.0898. The third-order valence-electron chi connectivity index (χ3n) is 2.92. The summed E-state index contributed by atoms with van der Waals surface area (Å²) < 4.78 is 0. The van der Waals surface area contributed by atoms with E-state index in [2.05, 4.69) is 17.6 Å². The van der Waals surface area contributed by atoms with Crippen molar-refractivity contribution in [1.29, 1.82) is 5.26 Å². The van der Waals surface area contributed by atoms with Crippen LogP contribution >= 0.6 is 0 Å². The predicted octanol–water partition coefficient (Wildman–Crippen LogP) is 1.38. The van der Waals surface area contributed by atoms with Crippen molar-refractivity contribution in [2.75, 3.05) is 25.0 Å². The Morgan fingerprint density at radius 1 is 1.50 bits per heavy atom. The van der Waals surface area contributed by atoms with Gasteiger partial charge in [-0.25, -0.2) is 4.79 Å². The first-order chi connectivity index (χ1) is 8.69. The van der Waals surface area contributed by atoms with E-state index in [1.807, 2.05) is 6.07 Å². The average molecular weight is 244 g/mol. The molecular weight excluding hydrogens is 228 g/mol. The van der Waals surface area contributed by atoms with E-state index in [-0.39, 0.29) is 6.03 Å². The van der Waals surface area contributed by atoms with Crippen LogP contribution < -0.4 is 10.6 Å². The maximum atomic E-state index is 12.0. The van der Waals surface area contributed by atoms with Crippen LogP contribution in [0.5, 0.6) is 0 Å². The SMILES string of the molecule is C[C@@H]1CN(C(=O)Nc2ccc(C#N)cc2)CCN1. The number of nitriles is 1. The van der Waals surface area contributed by atoms with E-state index >= 15 is 0 Å². The molecule has 0 unspecified atom stereocenters. The predicted molar refractivity (Wildman–Crippen MR) is 69.2 cm³/mol. The molecule has 1 aromatic carbocycles. The maximum absolute atomic E-state index is 12.0. The van der Waals surface area contributed by atoms with Crippen molar-refractivity contribution < 1.29 is 4.79 Å². The summed E-state index contributed by atoms with van der Waals surface area (Å²) in [5.41, 5.74) is 1.30. The second kappa shape index (κ2) is 5.52. The van der Waals surface area contributed by atoms with Crippen molar-refractivity contribution in [3.8, 4) is 6.07 Å². The highest BCUT2D eigenvalue weighted by Crippen LogP contribution is 2.10. The van der Waals surface area contributed by atoms with Crippen molar-refractivity contribution in [2.45, 2.75) is 13.0 Å². The zero-order valence-corrected chi connectivity index (χ0v) is 10.3. The van der Waals surface area contributed by atoms with Gasteiger partial charge in [-0.2, -0.15) is 5.26 Å². The zero-order valence-electron chi connectivity index (χ0n) is 10.3. The lowest BCUT2D eigenvalue weighted by molar-refractivity contribution is 0.192. The first-order valence-corrected chi connectivity index (χ1v) is 5.98. The molecule has 1 heterocycles. The molecule has 1 aliphatic heterocycles. The van der Waals surface area contributed by atoms with Crippen LogP contribution in [0.1, 0.15) is 12.5 Å². The van der Waals surface area contributed by atoms with Crippen LogP contribution in [0.15, 0.2) is 24.3 Å². The third-order valence-corrected chi connectivity index (χ3v) is 2.92. The molecule has 0 saturated carbocycles. The highest BCUT2D eigenvalue weighted by Gasteiger charge is 2.20. The molecule has 0 bridgehead atoms. The molecule has 18 heavy (non-hydrogen) atoms. The topological polar surface area (TPSA) is 68.2 Å². The molecule has 94 valence electrons. The van der Waals surface area contributed by atoms with Crippen LogP contribution in [0.25, 0.3) is 0 Å². The number of carbonyl (C=O) groups excluding carboxylic acids is 1. The van der Waals surface area contributed by atoms with Gasteiger partial charge in [-0.05, 0) is 31.2 Å². The van der Waals surface area contributed by atoms with Crippen molar-refractivity contribution >= 4 is 11.7 Å². The molecule has 1 fully saturated rings. The van der Waals surface area contributed by atoms with E-state index in [1.54, 1.807) is 29.2 Å². The number of amides is 2. The lowest BCUT2D eigenvalue weighted by Crippen LogP contribution is -2.52. The van der Waals surface area contributed by atoms with Crippen molar-refractivity contribution in [3.05, 3.63) is 29.8 Å². The number of hydrogen-bond acceptors (Lipinski definition) is 3. The van der Waals surface area contributed by atoms with Gasteiger partial charge in [0.05, 0.1) is 11.6 Å². The number of nitrogens with zero attached hydrogens (tertiary/aromatic N) is 2. The number of anilines is 1. The Kier molecular flexibility index (Phi) is 3.80. The zero-order chi connectivity index (χ0) is 13.0. The van der Waals surface area contributed by atoms with Gasteiger partial charge in [-0.3, -0.25) is 0 Å². The molecule has 0 aliphatic carbocycles. The standard InChI is InChI=1S/C13H16N4O/c1-10-9-17(7-6-15-10)13(18)16-12-4-2-11(8-14)3-5-12/h2-5,10,15H,6-7,9H2,1H3,(H,16,18)/t10-/m1/s1. The average Bonchev–Trinajstić information content (AvgIpc) is 2.39. The minimum Gasteiger partial charge on any atom is -0.322 e. The van der Waals surface area contributed by atoms with Gasteiger partial charge in [0.15, 0.2) is 0 Å². The van der Waals surface area contributed by atoms with Crippen LogP contribution in [0.4, 0.5) is 10.5 Å². The van der Waals surface area contributed by atoms with E-state index < -0.39 is 0 Å². The number of piperazine rings is 1. The van der Waals surface area contributed by atoms with Gasteiger partial charge in [0.1, 0.15) is 0 Å². The Bertz CT molecular complexity index is 463. The van der Waals surface area contributed by atoms with E-state index in [9.17, 15) is 4.79 Å². The first-order valence-electron chi connectivity index (χ1n) is 5.98. The fraction of sp³-hybridized carbons (Fsp3) is 0.385. The largest absolute Gasteiger partial charge is 0.322 e. The fourth-order valence-corrected chi connectivity index (χ4v) is 1.95. The minimum absolute atomic E-state index is 0.0898. The molecule has 1 aliphatic rings. The lowest BCUT2D eigenvalue weighted by atomic mass is 10.2. The van der Waals surface area contributed by atoms with E-state index in [1.165, 1.54) is 0 Å². The first kappa shape index (κ1) is 12.4. The maximum Gasteiger partial charge on any atom is 0.321 e. The Morgan fingerprint density at radius 2 is 2.22 bits per heavy atom. The molecular formula is C13H16N4O. The molecule has 5 nitrogen and oxygen atoms in total. The Hall–Kier alpha value is -2.06. The van der Waals surface area contributed by atoms with Gasteiger partial charge in [0, 0.05) is 31.4 Å². The van der Waals surface area contributed by atoms with Gasteiger partial charge in [0.25, 0.3) is 0 Å². The van der Waals surface area contributed by atoms with E-state index in [0.717, 1.165) is 6.54 Å². The Labute approximate surface area is 106 Å². The molecule has 2 rings (SSSR count). The summed E-state index contributed by atoms with van der Waals surface area (Å²) >= 11 is 0. The number of hydrogen-bond donors (Lipinski definition) is 2. The lowest BCUT2D eigenvalue weighted by Gasteiger charge is -2.31. The summed E-state index contributed by atoms with van der Waals surface area (Å²) in [6.07, 6.45) is 0. The van der Waals surface area contributed by atoms with E-state index in [4.69, 9.17) is 5.26 Å². The van der Waals surface area contributed by atoms with Crippen molar-refractivity contribution in [3.63, 3.8) is 0 Å². The molecule has 1 atom stereocenters. The van der Waals surface area contributed by atoms with Gasteiger partial charge in [-0.15, -0.1) is 0 Å². The highest BCUT2D eigenvalue weighted by molar-refractivity contribution is 5.89. The van der Waals surface area contributed by atoms with Crippen molar-refractivity contribution in [1.82, 2.24) is 10.2 Å². The number of nitrogens with one attached hydrogen (secondary N) is 2. The third kappa shape index (κ3) is 2.99. The summed E-state index contributed by atoms with van der Waals surface area (Å²) in [6, 6.07) is 9.14. The number of rotatable bonds is 1. The van der Waals surface area contributed by atoms with Gasteiger partial charge < -0.3 is 15.5 Å². The van der Waals surface area contributed by atoms with Crippen LogP contribution in [0.2, 0.25) is 0 Å². The molecule has 1 aromatic rings. The normalized spacial score (nSPS) is 19.1. The number of urea groups is 1. The second-order valence-corrected chi connectivity index (χ2v) is 4.42. The van der Waals surface area contributed by atoms with Gasteiger partial charge in [-0.1, -0.05) is 0 Å². The van der Waals surface area contributed by atoms with Gasteiger partial charge >= 0.3 is 6.03 Å². The van der Waals surface area contributed by atoms with Crippen LogP contribution in [0, 0.1) is 11.3 Å². The molecule has 0 spiro atoms. The monoisotopic (exact) mass is 244 g/mol. The smallest absolute Gasteiger partial charge is 0.321 e. The highest BCUT2D eigenvalue weighted by atomic mass is 16.2. The van der Waals surface area contributed by atoms with Crippen molar-refractivity contribution in [2.24, 2.45) is 0 Å². The fourth-order valence-electron chi connectivity index (χ4n) is 1.95. The number of carbonyl (C=O) groups is 1. The summed E-state index contributed by atoms with van der Waals surface area (Å²) in [7, 11) is 0.